The molecule has 3 rings (SSSR count). The third kappa shape index (κ3) is 3.96. The molecule has 1 aromatic carbocycles. The van der Waals surface area contributed by atoms with Gasteiger partial charge in [-0.2, -0.15) is 0 Å². The van der Waals surface area contributed by atoms with Gasteiger partial charge in [0, 0.05) is 17.8 Å². The van der Waals surface area contributed by atoms with Crippen molar-refractivity contribution >= 4 is 11.8 Å². The van der Waals surface area contributed by atoms with Crippen LogP contribution in [0.3, 0.4) is 0 Å². The van der Waals surface area contributed by atoms with Gasteiger partial charge in [-0.25, -0.2) is 9.97 Å². The van der Waals surface area contributed by atoms with E-state index in [4.69, 9.17) is 0 Å². The lowest BCUT2D eigenvalue weighted by Gasteiger charge is -2.08. The number of rotatable bonds is 6. The lowest BCUT2D eigenvalue weighted by molar-refractivity contribution is 0.729. The van der Waals surface area contributed by atoms with E-state index in [-0.39, 0.29) is 0 Å². The second kappa shape index (κ2) is 7.61. The van der Waals surface area contributed by atoms with Crippen molar-refractivity contribution < 1.29 is 0 Å². The van der Waals surface area contributed by atoms with Gasteiger partial charge in [-0.1, -0.05) is 42.8 Å². The van der Waals surface area contributed by atoms with Gasteiger partial charge >= 0.3 is 0 Å². The second-order valence-electron chi connectivity index (χ2n) is 5.77. The summed E-state index contributed by atoms with van der Waals surface area (Å²) in [6, 6.07) is 10.3. The van der Waals surface area contributed by atoms with Crippen LogP contribution >= 0.6 is 11.8 Å². The van der Waals surface area contributed by atoms with Crippen LogP contribution in [-0.2, 0) is 13.0 Å². The Bertz CT molecular complexity index is 883. The van der Waals surface area contributed by atoms with Gasteiger partial charge in [0.15, 0.2) is 11.0 Å². The van der Waals surface area contributed by atoms with E-state index in [2.05, 4.69) is 69.4 Å². The van der Waals surface area contributed by atoms with Gasteiger partial charge < -0.3 is 0 Å². The number of benzene rings is 1. The molecule has 128 valence electrons. The van der Waals surface area contributed by atoms with Crippen molar-refractivity contribution in [1.29, 1.82) is 0 Å². The van der Waals surface area contributed by atoms with Crippen molar-refractivity contribution in [3.05, 3.63) is 60.1 Å². The Morgan fingerprint density at radius 1 is 1.12 bits per heavy atom. The molecular weight excluding hydrogens is 330 g/mol. The lowest BCUT2D eigenvalue weighted by atomic mass is 10.1. The monoisotopic (exact) mass is 351 g/mol. The van der Waals surface area contributed by atoms with Gasteiger partial charge in [0.25, 0.3) is 0 Å². The van der Waals surface area contributed by atoms with Gasteiger partial charge in [0.2, 0.25) is 0 Å². The number of allylic oxidation sites excluding steroid dienone is 1. The molecule has 2 aromatic heterocycles. The van der Waals surface area contributed by atoms with Crippen LogP contribution in [0.1, 0.15) is 24.0 Å². The third-order valence-corrected chi connectivity index (χ3v) is 4.67. The van der Waals surface area contributed by atoms with Crippen molar-refractivity contribution in [2.75, 3.05) is 0 Å². The molecule has 0 N–H and O–H groups in total. The Morgan fingerprint density at radius 2 is 1.88 bits per heavy atom. The van der Waals surface area contributed by atoms with Crippen LogP contribution in [0.5, 0.6) is 0 Å². The summed E-state index contributed by atoms with van der Waals surface area (Å²) in [5.74, 6) is 1.61. The smallest absolute Gasteiger partial charge is 0.198 e. The molecular formula is C19H21N5S. The van der Waals surface area contributed by atoms with Gasteiger partial charge in [0.05, 0.1) is 0 Å². The highest BCUT2D eigenvalue weighted by Gasteiger charge is 2.15. The van der Waals surface area contributed by atoms with Gasteiger partial charge in [0.1, 0.15) is 10.9 Å². The van der Waals surface area contributed by atoms with Crippen LogP contribution in [0.25, 0.3) is 11.4 Å². The minimum Gasteiger partial charge on any atom is -0.298 e. The Hall–Kier alpha value is -2.47. The molecule has 2 heterocycles. The van der Waals surface area contributed by atoms with Gasteiger partial charge in [-0.15, -0.1) is 16.8 Å². The lowest BCUT2D eigenvalue weighted by Crippen LogP contribution is -2.01. The molecule has 25 heavy (non-hydrogen) atoms. The quantitative estimate of drug-likeness (QED) is 0.491. The fourth-order valence-electron chi connectivity index (χ4n) is 2.50. The second-order valence-corrected chi connectivity index (χ2v) is 6.76. The maximum atomic E-state index is 4.52. The number of hydrogen-bond donors (Lipinski definition) is 0. The van der Waals surface area contributed by atoms with Crippen molar-refractivity contribution in [2.45, 2.75) is 43.9 Å². The zero-order valence-electron chi connectivity index (χ0n) is 14.7. The normalized spacial score (nSPS) is 10.8. The number of aryl methyl sites for hydroxylation is 3. The molecule has 0 saturated heterocycles. The van der Waals surface area contributed by atoms with E-state index in [9.17, 15) is 0 Å². The van der Waals surface area contributed by atoms with Gasteiger partial charge in [-0.3, -0.25) is 4.57 Å². The van der Waals surface area contributed by atoms with E-state index in [1.807, 2.05) is 19.1 Å². The summed E-state index contributed by atoms with van der Waals surface area (Å²) in [5, 5.41) is 10.5. The molecule has 0 aliphatic rings. The molecule has 0 aliphatic carbocycles. The number of nitrogens with zero attached hydrogens (tertiary/aromatic N) is 5. The molecule has 3 aromatic rings. The van der Waals surface area contributed by atoms with Crippen LogP contribution in [-0.4, -0.2) is 24.7 Å². The average molecular weight is 351 g/mol. The summed E-state index contributed by atoms with van der Waals surface area (Å²) in [5.41, 5.74) is 3.29. The predicted molar refractivity (Wildman–Crippen MR) is 101 cm³/mol. The van der Waals surface area contributed by atoms with Gasteiger partial charge in [-0.05, 0) is 38.1 Å². The molecule has 5 nitrogen and oxygen atoms in total. The zero-order chi connectivity index (χ0) is 17.8. The Morgan fingerprint density at radius 3 is 2.56 bits per heavy atom. The summed E-state index contributed by atoms with van der Waals surface area (Å²) >= 11 is 1.51. The fraction of sp³-hybridized carbons (Fsp3) is 0.263. The molecule has 0 unspecified atom stereocenters. The molecule has 0 saturated carbocycles. The van der Waals surface area contributed by atoms with Crippen LogP contribution in [0.2, 0.25) is 0 Å². The summed E-state index contributed by atoms with van der Waals surface area (Å²) in [6.45, 7) is 10.6. The van der Waals surface area contributed by atoms with Crippen molar-refractivity contribution in [1.82, 2.24) is 24.7 Å². The summed E-state index contributed by atoms with van der Waals surface area (Å²) in [6.07, 6.45) is 2.73. The van der Waals surface area contributed by atoms with Crippen LogP contribution in [0.4, 0.5) is 0 Å². The minimum atomic E-state index is 0.642. The Kier molecular flexibility index (Phi) is 5.28. The van der Waals surface area contributed by atoms with E-state index >= 15 is 0 Å². The van der Waals surface area contributed by atoms with E-state index in [1.54, 1.807) is 0 Å². The number of aromatic nitrogens is 5. The molecule has 0 bridgehead atoms. The van der Waals surface area contributed by atoms with E-state index < -0.39 is 0 Å². The number of hydrogen-bond acceptors (Lipinski definition) is 5. The van der Waals surface area contributed by atoms with Crippen LogP contribution in [0, 0.1) is 13.8 Å². The van der Waals surface area contributed by atoms with Crippen LogP contribution in [0.15, 0.2) is 53.2 Å². The zero-order valence-corrected chi connectivity index (χ0v) is 15.5. The van der Waals surface area contributed by atoms with Crippen molar-refractivity contribution in [3.8, 4) is 11.4 Å². The van der Waals surface area contributed by atoms with E-state index in [1.165, 1.54) is 17.3 Å². The highest BCUT2D eigenvalue weighted by atomic mass is 32.2. The topological polar surface area (TPSA) is 56.5 Å². The summed E-state index contributed by atoms with van der Waals surface area (Å²) < 4.78 is 2.06. The molecule has 6 heteroatoms. The average Bonchev–Trinajstić information content (AvgIpc) is 2.98. The standard InChI is InChI=1S/C19H21N5S/c1-5-11-24-18(15-9-7-13(3)8-10-15)22-23-19(24)25-17-12-16(6-2)20-14(4)21-17/h5,7-10,12H,1,6,11H2,2-4H3. The summed E-state index contributed by atoms with van der Waals surface area (Å²) in [7, 11) is 0. The largest absolute Gasteiger partial charge is 0.298 e. The maximum absolute atomic E-state index is 4.52. The summed E-state index contributed by atoms with van der Waals surface area (Å²) in [4.78, 5) is 8.95. The van der Waals surface area contributed by atoms with E-state index in [0.29, 0.717) is 6.54 Å². The Labute approximate surface area is 152 Å². The van der Waals surface area contributed by atoms with Crippen molar-refractivity contribution in [2.24, 2.45) is 0 Å². The molecule has 0 spiro atoms. The first-order valence-electron chi connectivity index (χ1n) is 8.24. The molecule has 0 aliphatic heterocycles. The highest BCUT2D eigenvalue weighted by molar-refractivity contribution is 7.99. The highest BCUT2D eigenvalue weighted by Crippen LogP contribution is 2.29. The first-order valence-corrected chi connectivity index (χ1v) is 9.06. The van der Waals surface area contributed by atoms with Crippen LogP contribution < -0.4 is 0 Å². The maximum Gasteiger partial charge on any atom is 0.198 e. The molecule has 0 fully saturated rings. The molecule has 0 amide bonds. The predicted octanol–water partition coefficient (Wildman–Crippen LogP) is 4.25. The fourth-order valence-corrected chi connectivity index (χ4v) is 3.41. The first-order chi connectivity index (χ1) is 12.1. The SMILES string of the molecule is C=CCn1c(Sc2cc(CC)nc(C)n2)nnc1-c1ccc(C)cc1. The van der Waals surface area contributed by atoms with Crippen molar-refractivity contribution in [3.63, 3.8) is 0 Å². The third-order valence-electron chi connectivity index (χ3n) is 3.76. The Balaban J connectivity index is 1.98. The molecule has 0 atom stereocenters. The van der Waals surface area contributed by atoms with E-state index in [0.717, 1.165) is 39.5 Å². The first kappa shape index (κ1) is 17.4. The minimum absolute atomic E-state index is 0.642. The molecule has 0 radical (unpaired) electrons.